The second kappa shape index (κ2) is 8.29. The Labute approximate surface area is 185 Å². The van der Waals surface area contributed by atoms with Crippen molar-refractivity contribution < 1.29 is 12.8 Å². The number of para-hydroxylation sites is 2. The molecule has 5 rings (SSSR count). The van der Waals surface area contributed by atoms with Gasteiger partial charge in [0.05, 0.1) is 21.7 Å². The largest absolute Gasteiger partial charge is 0.431 e. The number of rotatable bonds is 6. The summed E-state index contributed by atoms with van der Waals surface area (Å²) in [4.78, 5) is 9.59. The molecule has 0 aliphatic carbocycles. The monoisotopic (exact) mass is 456 g/mol. The minimum Gasteiger partial charge on any atom is -0.431 e. The molecule has 0 unspecified atom stereocenters. The van der Waals surface area contributed by atoms with Crippen LogP contribution in [-0.4, -0.2) is 40.3 Å². The minimum atomic E-state index is -3.48. The van der Waals surface area contributed by atoms with Crippen molar-refractivity contribution in [3.63, 3.8) is 0 Å². The first-order valence-electron chi connectivity index (χ1n) is 10.5. The number of aromatic nitrogens is 3. The number of fused-ring (bicyclic) bond motifs is 2. The van der Waals surface area contributed by atoms with Crippen molar-refractivity contribution in [1.29, 1.82) is 0 Å². The van der Waals surface area contributed by atoms with Crippen molar-refractivity contribution >= 4 is 43.9 Å². The van der Waals surface area contributed by atoms with Gasteiger partial charge in [-0.15, -0.1) is 0 Å². The van der Waals surface area contributed by atoms with Gasteiger partial charge in [-0.2, -0.15) is 4.31 Å². The molecule has 3 heterocycles. The molecule has 0 radical (unpaired) electrons. The van der Waals surface area contributed by atoms with Crippen LogP contribution in [0.25, 0.3) is 22.1 Å². The highest BCUT2D eigenvalue weighted by Crippen LogP contribution is 2.29. The summed E-state index contributed by atoms with van der Waals surface area (Å²) in [6.07, 6.45) is 2.93. The van der Waals surface area contributed by atoms with Gasteiger partial charge >= 0.3 is 0 Å². The van der Waals surface area contributed by atoms with Gasteiger partial charge in [0.1, 0.15) is 11.3 Å². The second-order valence-electron chi connectivity index (χ2n) is 7.62. The third-order valence-electron chi connectivity index (χ3n) is 5.67. The topological polar surface area (TPSA) is 81.2 Å². The van der Waals surface area contributed by atoms with Gasteiger partial charge in [0.25, 0.3) is 5.22 Å². The molecule has 0 bridgehead atoms. The van der Waals surface area contributed by atoms with E-state index in [9.17, 15) is 8.42 Å². The maximum atomic E-state index is 13.1. The number of oxazole rings is 1. The van der Waals surface area contributed by atoms with Crippen LogP contribution in [0.2, 0.25) is 0 Å². The van der Waals surface area contributed by atoms with Crippen molar-refractivity contribution in [1.82, 2.24) is 18.8 Å². The van der Waals surface area contributed by atoms with Crippen LogP contribution < -0.4 is 0 Å². The standard InChI is InChI=1S/C22H24N4O3S2/c1-2-26-19-11-10-16(31(27,28)25-12-6-3-7-13-25)14-18(19)23-21(26)15-30-22-24-17-8-4-5-9-20(17)29-22/h4-5,8-11,14H,2-3,6-7,12-13,15H2,1H3. The first-order chi connectivity index (χ1) is 15.1. The Kier molecular flexibility index (Phi) is 5.49. The lowest BCUT2D eigenvalue weighted by Crippen LogP contribution is -2.35. The molecular weight excluding hydrogens is 432 g/mol. The van der Waals surface area contributed by atoms with E-state index in [0.717, 1.165) is 48.2 Å². The predicted octanol–water partition coefficient (Wildman–Crippen LogP) is 4.66. The van der Waals surface area contributed by atoms with Crippen LogP contribution in [0, 0.1) is 0 Å². The molecule has 1 saturated heterocycles. The molecule has 0 spiro atoms. The maximum absolute atomic E-state index is 13.1. The summed E-state index contributed by atoms with van der Waals surface area (Å²) in [5.41, 5.74) is 3.24. The van der Waals surface area contributed by atoms with Gasteiger partial charge in [0.2, 0.25) is 10.0 Å². The average Bonchev–Trinajstić information content (AvgIpc) is 3.38. The molecular formula is C22H24N4O3S2. The molecule has 2 aromatic carbocycles. The van der Waals surface area contributed by atoms with E-state index in [2.05, 4.69) is 16.5 Å². The highest BCUT2D eigenvalue weighted by atomic mass is 32.2. The average molecular weight is 457 g/mol. The number of nitrogens with zero attached hydrogens (tertiary/aromatic N) is 4. The molecule has 9 heteroatoms. The zero-order valence-electron chi connectivity index (χ0n) is 17.3. The van der Waals surface area contributed by atoms with Crippen LogP contribution in [0.3, 0.4) is 0 Å². The van der Waals surface area contributed by atoms with E-state index in [1.165, 1.54) is 11.8 Å². The Morgan fingerprint density at radius 2 is 1.84 bits per heavy atom. The van der Waals surface area contributed by atoms with Crippen LogP contribution in [0.15, 0.2) is 57.0 Å². The van der Waals surface area contributed by atoms with E-state index in [1.54, 1.807) is 16.4 Å². The van der Waals surface area contributed by atoms with Crippen molar-refractivity contribution in [2.24, 2.45) is 0 Å². The van der Waals surface area contributed by atoms with E-state index in [4.69, 9.17) is 9.40 Å². The molecule has 2 aromatic heterocycles. The molecule has 162 valence electrons. The zero-order valence-corrected chi connectivity index (χ0v) is 19.0. The second-order valence-corrected chi connectivity index (χ2v) is 10.5. The normalized spacial score (nSPS) is 15.8. The van der Waals surface area contributed by atoms with Gasteiger partial charge in [0.15, 0.2) is 5.58 Å². The first-order valence-corrected chi connectivity index (χ1v) is 13.0. The fourth-order valence-corrected chi connectivity index (χ4v) is 6.40. The number of sulfonamides is 1. The van der Waals surface area contributed by atoms with Gasteiger partial charge in [-0.3, -0.25) is 0 Å². The maximum Gasteiger partial charge on any atom is 0.257 e. The first kappa shape index (κ1) is 20.5. The van der Waals surface area contributed by atoms with E-state index in [1.807, 2.05) is 30.3 Å². The van der Waals surface area contributed by atoms with E-state index >= 15 is 0 Å². The van der Waals surface area contributed by atoms with Gasteiger partial charge in [-0.05, 0) is 50.1 Å². The number of thioether (sulfide) groups is 1. The Morgan fingerprint density at radius 1 is 1.03 bits per heavy atom. The number of benzene rings is 2. The van der Waals surface area contributed by atoms with E-state index < -0.39 is 10.0 Å². The molecule has 1 aliphatic heterocycles. The lowest BCUT2D eigenvalue weighted by Gasteiger charge is -2.25. The van der Waals surface area contributed by atoms with Gasteiger partial charge in [-0.25, -0.2) is 18.4 Å². The van der Waals surface area contributed by atoms with Gasteiger partial charge in [-0.1, -0.05) is 30.3 Å². The van der Waals surface area contributed by atoms with Crippen LogP contribution in [0.4, 0.5) is 0 Å². The highest BCUT2D eigenvalue weighted by Gasteiger charge is 2.26. The van der Waals surface area contributed by atoms with Crippen molar-refractivity contribution in [2.75, 3.05) is 13.1 Å². The van der Waals surface area contributed by atoms with Gasteiger partial charge < -0.3 is 8.98 Å². The summed E-state index contributed by atoms with van der Waals surface area (Å²) in [7, 11) is -3.48. The summed E-state index contributed by atoms with van der Waals surface area (Å²) in [5.74, 6) is 1.46. The lowest BCUT2D eigenvalue weighted by atomic mass is 10.2. The third-order valence-corrected chi connectivity index (χ3v) is 8.39. The fourth-order valence-electron chi connectivity index (χ4n) is 4.08. The zero-order chi connectivity index (χ0) is 21.4. The Bertz CT molecular complexity index is 1300. The molecule has 31 heavy (non-hydrogen) atoms. The van der Waals surface area contributed by atoms with Crippen LogP contribution in [0.1, 0.15) is 32.0 Å². The SMILES string of the molecule is CCn1c(CSc2nc3ccccc3o2)nc2cc(S(=O)(=O)N3CCCCC3)ccc21. The fraction of sp³-hybridized carbons (Fsp3) is 0.364. The molecule has 0 amide bonds. The molecule has 7 nitrogen and oxygen atoms in total. The lowest BCUT2D eigenvalue weighted by molar-refractivity contribution is 0.346. The van der Waals surface area contributed by atoms with E-state index in [-0.39, 0.29) is 0 Å². The minimum absolute atomic E-state index is 0.320. The van der Waals surface area contributed by atoms with Crippen molar-refractivity contribution in [2.45, 2.75) is 48.6 Å². The number of hydrogen-bond donors (Lipinski definition) is 0. The van der Waals surface area contributed by atoms with Crippen LogP contribution in [-0.2, 0) is 22.3 Å². The molecule has 4 aromatic rings. The Balaban J connectivity index is 1.43. The Hall–Kier alpha value is -2.36. The summed E-state index contributed by atoms with van der Waals surface area (Å²) in [6.45, 7) is 4.00. The summed E-state index contributed by atoms with van der Waals surface area (Å²) < 4.78 is 35.6. The number of piperidine rings is 1. The van der Waals surface area contributed by atoms with Crippen molar-refractivity contribution in [3.8, 4) is 0 Å². The molecule has 1 aliphatic rings. The number of imidazole rings is 1. The highest BCUT2D eigenvalue weighted by molar-refractivity contribution is 7.98. The third kappa shape index (κ3) is 3.86. The van der Waals surface area contributed by atoms with E-state index in [0.29, 0.717) is 34.5 Å². The summed E-state index contributed by atoms with van der Waals surface area (Å²) in [5, 5.41) is 0.601. The number of aryl methyl sites for hydroxylation is 1. The van der Waals surface area contributed by atoms with Gasteiger partial charge in [0, 0.05) is 19.6 Å². The number of hydrogen-bond acceptors (Lipinski definition) is 6. The summed E-state index contributed by atoms with van der Waals surface area (Å²) >= 11 is 1.49. The molecule has 0 N–H and O–H groups in total. The molecule has 0 saturated carbocycles. The van der Waals surface area contributed by atoms with Crippen molar-refractivity contribution in [3.05, 3.63) is 48.3 Å². The Morgan fingerprint density at radius 3 is 2.61 bits per heavy atom. The van der Waals surface area contributed by atoms with Crippen LogP contribution in [0.5, 0.6) is 0 Å². The predicted molar refractivity (Wildman–Crippen MR) is 122 cm³/mol. The summed E-state index contributed by atoms with van der Waals surface area (Å²) in [6, 6.07) is 13.0. The quantitative estimate of drug-likeness (QED) is 0.392. The smallest absolute Gasteiger partial charge is 0.257 e. The molecule has 1 fully saturated rings. The van der Waals surface area contributed by atoms with Crippen LogP contribution >= 0.6 is 11.8 Å². The molecule has 0 atom stereocenters.